The molecule has 3 N–H and O–H groups in total. The minimum absolute atomic E-state index is 0.0179. The zero-order valence-corrected chi connectivity index (χ0v) is 11.4. The number of hydrogen-bond acceptors (Lipinski definition) is 4. The molecule has 1 fully saturated rings. The number of hydrogen-bond donors (Lipinski definition) is 2. The van der Waals surface area contributed by atoms with Crippen LogP contribution in [0.4, 0.5) is 0 Å². The maximum absolute atomic E-state index is 12.1. The van der Waals surface area contributed by atoms with E-state index in [2.05, 4.69) is 5.32 Å². The molecule has 0 radical (unpaired) electrons. The monoisotopic (exact) mass is 256 g/mol. The van der Waals surface area contributed by atoms with Gasteiger partial charge in [-0.25, -0.2) is 4.79 Å². The number of carbonyl (C=O) groups excluding carboxylic acids is 2. The second kappa shape index (κ2) is 6.73. The average Bonchev–Trinajstić information content (AvgIpc) is 2.35. The highest BCUT2D eigenvalue weighted by Crippen LogP contribution is 2.23. The summed E-state index contributed by atoms with van der Waals surface area (Å²) in [6.45, 7) is 3.78. The highest BCUT2D eigenvalue weighted by molar-refractivity contribution is 5.85. The zero-order chi connectivity index (χ0) is 13.7. The quantitative estimate of drug-likeness (QED) is 0.730. The fourth-order valence-corrected chi connectivity index (χ4v) is 2.28. The van der Waals surface area contributed by atoms with E-state index in [0.29, 0.717) is 0 Å². The summed E-state index contributed by atoms with van der Waals surface area (Å²) in [6.07, 6.45) is 3.36. The molecule has 1 saturated carbocycles. The van der Waals surface area contributed by atoms with Crippen molar-refractivity contribution in [3.8, 4) is 0 Å². The molecule has 0 aromatic rings. The highest BCUT2D eigenvalue weighted by atomic mass is 16.5. The zero-order valence-electron chi connectivity index (χ0n) is 11.4. The molecule has 0 heterocycles. The van der Waals surface area contributed by atoms with Gasteiger partial charge in [-0.2, -0.15) is 0 Å². The molecule has 0 saturated heterocycles. The van der Waals surface area contributed by atoms with Crippen molar-refractivity contribution in [2.75, 3.05) is 7.11 Å². The standard InChI is InChI=1S/C13H24N2O3/c1-8(2)11(13(17)18-3)15-12(16)9-4-6-10(14)7-5-9/h8-11H,4-7,14H2,1-3H3,(H,15,16)/t9?,10?,11-/m0/s1. The van der Waals surface area contributed by atoms with Gasteiger partial charge < -0.3 is 15.8 Å². The van der Waals surface area contributed by atoms with Gasteiger partial charge in [-0.1, -0.05) is 13.8 Å². The Kier molecular flexibility index (Phi) is 5.59. The van der Waals surface area contributed by atoms with Crippen molar-refractivity contribution in [1.29, 1.82) is 0 Å². The molecule has 1 aliphatic carbocycles. The predicted molar refractivity (Wildman–Crippen MR) is 68.7 cm³/mol. The molecule has 0 aromatic carbocycles. The molecule has 5 heteroatoms. The minimum Gasteiger partial charge on any atom is -0.467 e. The average molecular weight is 256 g/mol. The minimum atomic E-state index is -0.557. The molecule has 1 amide bonds. The molecule has 1 aliphatic rings. The van der Waals surface area contributed by atoms with Crippen molar-refractivity contribution in [1.82, 2.24) is 5.32 Å². The molecule has 18 heavy (non-hydrogen) atoms. The number of nitrogens with two attached hydrogens (primary N) is 1. The summed E-state index contributed by atoms with van der Waals surface area (Å²) < 4.78 is 4.71. The van der Waals surface area contributed by atoms with Gasteiger partial charge >= 0.3 is 5.97 Å². The van der Waals surface area contributed by atoms with Gasteiger partial charge in [0.2, 0.25) is 5.91 Å². The maximum atomic E-state index is 12.1. The smallest absolute Gasteiger partial charge is 0.328 e. The summed E-state index contributed by atoms with van der Waals surface area (Å²) in [5.74, 6) is -0.431. The normalized spacial score (nSPS) is 25.6. The van der Waals surface area contributed by atoms with Crippen LogP contribution < -0.4 is 11.1 Å². The lowest BCUT2D eigenvalue weighted by Crippen LogP contribution is -2.48. The summed E-state index contributed by atoms with van der Waals surface area (Å²) >= 11 is 0. The SMILES string of the molecule is COC(=O)[C@@H](NC(=O)C1CCC(N)CC1)C(C)C. The van der Waals surface area contributed by atoms with Crippen molar-refractivity contribution in [3.05, 3.63) is 0 Å². The lowest BCUT2D eigenvalue weighted by Gasteiger charge is -2.27. The van der Waals surface area contributed by atoms with Gasteiger partial charge in [0, 0.05) is 12.0 Å². The van der Waals surface area contributed by atoms with Crippen molar-refractivity contribution in [3.63, 3.8) is 0 Å². The Balaban J connectivity index is 2.53. The van der Waals surface area contributed by atoms with E-state index in [-0.39, 0.29) is 29.8 Å². The van der Waals surface area contributed by atoms with E-state index in [1.807, 2.05) is 13.8 Å². The van der Waals surface area contributed by atoms with E-state index >= 15 is 0 Å². The van der Waals surface area contributed by atoms with E-state index in [1.165, 1.54) is 7.11 Å². The third-order valence-corrected chi connectivity index (χ3v) is 3.56. The van der Waals surface area contributed by atoms with E-state index in [0.717, 1.165) is 25.7 Å². The van der Waals surface area contributed by atoms with Gasteiger partial charge in [-0.15, -0.1) is 0 Å². The number of esters is 1. The van der Waals surface area contributed by atoms with Crippen LogP contribution >= 0.6 is 0 Å². The molecular formula is C13H24N2O3. The highest BCUT2D eigenvalue weighted by Gasteiger charge is 2.30. The number of amides is 1. The van der Waals surface area contributed by atoms with Crippen LogP contribution in [0.25, 0.3) is 0 Å². The molecule has 0 unspecified atom stereocenters. The molecular weight excluding hydrogens is 232 g/mol. The first-order valence-corrected chi connectivity index (χ1v) is 6.59. The van der Waals surface area contributed by atoms with Gasteiger partial charge in [0.1, 0.15) is 6.04 Å². The first kappa shape index (κ1) is 15.0. The first-order chi connectivity index (χ1) is 8.45. The van der Waals surface area contributed by atoms with Crippen LogP contribution in [0.3, 0.4) is 0 Å². The van der Waals surface area contributed by atoms with Gasteiger partial charge in [0.15, 0.2) is 0 Å². The van der Waals surface area contributed by atoms with Crippen molar-refractivity contribution >= 4 is 11.9 Å². The van der Waals surface area contributed by atoms with Gasteiger partial charge in [0.05, 0.1) is 7.11 Å². The van der Waals surface area contributed by atoms with Crippen LogP contribution in [0.5, 0.6) is 0 Å². The van der Waals surface area contributed by atoms with Crippen LogP contribution in [0.2, 0.25) is 0 Å². The summed E-state index contributed by atoms with van der Waals surface area (Å²) in [4.78, 5) is 23.6. The van der Waals surface area contributed by atoms with Gasteiger partial charge in [0.25, 0.3) is 0 Å². The molecule has 0 spiro atoms. The third kappa shape index (κ3) is 3.98. The van der Waals surface area contributed by atoms with Crippen molar-refractivity contribution in [2.45, 2.75) is 51.6 Å². The predicted octanol–water partition coefficient (Wildman–Crippen LogP) is 0.818. The lowest BCUT2D eigenvalue weighted by atomic mass is 9.85. The number of carbonyl (C=O) groups is 2. The van der Waals surface area contributed by atoms with E-state index < -0.39 is 6.04 Å². The Bertz CT molecular complexity index is 297. The van der Waals surface area contributed by atoms with Crippen molar-refractivity contribution in [2.24, 2.45) is 17.6 Å². The lowest BCUT2D eigenvalue weighted by molar-refractivity contribution is -0.147. The Morgan fingerprint density at radius 3 is 2.22 bits per heavy atom. The molecule has 5 nitrogen and oxygen atoms in total. The summed E-state index contributed by atoms with van der Waals surface area (Å²) in [5.41, 5.74) is 5.81. The Morgan fingerprint density at radius 1 is 1.22 bits per heavy atom. The second-order valence-corrected chi connectivity index (χ2v) is 5.37. The molecule has 0 aromatic heterocycles. The Hall–Kier alpha value is -1.10. The van der Waals surface area contributed by atoms with Crippen LogP contribution in [-0.2, 0) is 14.3 Å². The summed E-state index contributed by atoms with van der Waals surface area (Å²) in [5, 5.41) is 2.80. The number of nitrogens with one attached hydrogen (secondary N) is 1. The number of ether oxygens (including phenoxy) is 1. The second-order valence-electron chi connectivity index (χ2n) is 5.37. The van der Waals surface area contributed by atoms with Crippen LogP contribution in [0.15, 0.2) is 0 Å². The summed E-state index contributed by atoms with van der Waals surface area (Å²) in [6, 6.07) is -0.339. The number of rotatable bonds is 4. The molecule has 0 bridgehead atoms. The van der Waals surface area contributed by atoms with Crippen LogP contribution in [0.1, 0.15) is 39.5 Å². The Morgan fingerprint density at radius 2 is 1.78 bits per heavy atom. The topological polar surface area (TPSA) is 81.4 Å². The van der Waals surface area contributed by atoms with Crippen LogP contribution in [0, 0.1) is 11.8 Å². The van der Waals surface area contributed by atoms with Gasteiger partial charge in [-0.05, 0) is 31.6 Å². The van der Waals surface area contributed by atoms with E-state index in [4.69, 9.17) is 10.5 Å². The molecule has 104 valence electrons. The van der Waals surface area contributed by atoms with E-state index in [1.54, 1.807) is 0 Å². The first-order valence-electron chi connectivity index (χ1n) is 6.59. The fourth-order valence-electron chi connectivity index (χ4n) is 2.28. The summed E-state index contributed by atoms with van der Waals surface area (Å²) in [7, 11) is 1.34. The Labute approximate surface area is 108 Å². The third-order valence-electron chi connectivity index (χ3n) is 3.56. The largest absolute Gasteiger partial charge is 0.467 e. The number of methoxy groups -OCH3 is 1. The fraction of sp³-hybridized carbons (Fsp3) is 0.846. The molecule has 0 aliphatic heterocycles. The molecule has 1 atom stereocenters. The van der Waals surface area contributed by atoms with E-state index in [9.17, 15) is 9.59 Å². The molecule has 1 rings (SSSR count). The van der Waals surface area contributed by atoms with Crippen molar-refractivity contribution < 1.29 is 14.3 Å². The maximum Gasteiger partial charge on any atom is 0.328 e. The van der Waals surface area contributed by atoms with Gasteiger partial charge in [-0.3, -0.25) is 4.79 Å². The van der Waals surface area contributed by atoms with Crippen LogP contribution in [-0.4, -0.2) is 31.1 Å².